The van der Waals surface area contributed by atoms with Crippen molar-refractivity contribution in [3.05, 3.63) is 42.5 Å². The molecule has 0 aliphatic heterocycles. The van der Waals surface area contributed by atoms with Crippen molar-refractivity contribution >= 4 is 39.1 Å². The summed E-state index contributed by atoms with van der Waals surface area (Å²) in [6, 6.07) is 14.6. The van der Waals surface area contributed by atoms with Crippen LogP contribution in [0.1, 0.15) is 26.2 Å². The van der Waals surface area contributed by atoms with E-state index >= 15 is 0 Å². The molecule has 2 aromatic rings. The molecule has 2 aromatic carbocycles. The lowest BCUT2D eigenvalue weighted by molar-refractivity contribution is 0.319. The quantitative estimate of drug-likeness (QED) is 0.541. The second-order valence-corrected chi connectivity index (χ2v) is 6.90. The Hall–Kier alpha value is -1.26. The minimum atomic E-state index is 0.725. The number of thioether (sulfide) groups is 1. The normalized spacial score (nSPS) is 10.6. The van der Waals surface area contributed by atoms with Crippen LogP contribution in [0.4, 0.5) is 0 Å². The molecule has 0 spiro atoms. The molecule has 0 aliphatic carbocycles. The fourth-order valence-electron chi connectivity index (χ4n) is 2.09. The Morgan fingerprint density at radius 3 is 2.77 bits per heavy atom. The van der Waals surface area contributed by atoms with Crippen molar-refractivity contribution in [1.29, 1.82) is 0 Å². The molecular weight excluding hydrogens is 310 g/mol. The van der Waals surface area contributed by atoms with Crippen LogP contribution in [0, 0.1) is 0 Å². The van der Waals surface area contributed by atoms with Crippen LogP contribution in [0.3, 0.4) is 0 Å². The number of hydrogen-bond donors (Lipinski definition) is 1. The predicted octanol–water partition coefficient (Wildman–Crippen LogP) is 5.02. The minimum Gasteiger partial charge on any atom is -0.494 e. The van der Waals surface area contributed by atoms with Crippen LogP contribution < -0.4 is 10.1 Å². The van der Waals surface area contributed by atoms with E-state index in [4.69, 9.17) is 17.0 Å². The Kier molecular flexibility index (Phi) is 7.54. The summed E-state index contributed by atoms with van der Waals surface area (Å²) in [5.74, 6) is 1.93. The van der Waals surface area contributed by atoms with Crippen molar-refractivity contribution in [1.82, 2.24) is 5.32 Å². The third kappa shape index (κ3) is 5.85. The fourth-order valence-corrected chi connectivity index (χ4v) is 3.09. The van der Waals surface area contributed by atoms with Gasteiger partial charge in [0, 0.05) is 12.3 Å². The molecule has 0 radical (unpaired) electrons. The average molecular weight is 334 g/mol. The lowest BCUT2D eigenvalue weighted by Gasteiger charge is -2.08. The molecule has 4 heteroatoms. The maximum Gasteiger partial charge on any atom is 0.133 e. The number of nitrogens with one attached hydrogen (secondary N) is 1. The van der Waals surface area contributed by atoms with Gasteiger partial charge >= 0.3 is 0 Å². The molecule has 0 saturated carbocycles. The Labute approximate surface area is 142 Å². The van der Waals surface area contributed by atoms with Crippen molar-refractivity contribution < 1.29 is 4.74 Å². The molecule has 0 heterocycles. The number of fused-ring (bicyclic) bond motifs is 1. The molecule has 0 fully saturated rings. The summed E-state index contributed by atoms with van der Waals surface area (Å²) in [5, 5.41) is 5.73. The maximum atomic E-state index is 5.82. The molecule has 0 unspecified atom stereocenters. The number of thiocarbonyl (C=S) groups is 1. The highest BCUT2D eigenvalue weighted by Crippen LogP contribution is 2.20. The summed E-state index contributed by atoms with van der Waals surface area (Å²) < 4.78 is 6.72. The molecule has 0 aliphatic rings. The van der Waals surface area contributed by atoms with Gasteiger partial charge in [-0.3, -0.25) is 0 Å². The van der Waals surface area contributed by atoms with Crippen LogP contribution in [-0.2, 0) is 0 Å². The summed E-state index contributed by atoms with van der Waals surface area (Å²) in [6.07, 6.45) is 3.36. The van der Waals surface area contributed by atoms with E-state index in [0.29, 0.717) is 0 Å². The van der Waals surface area contributed by atoms with E-state index in [1.807, 2.05) is 6.07 Å². The smallest absolute Gasteiger partial charge is 0.133 e. The number of benzene rings is 2. The van der Waals surface area contributed by atoms with Crippen molar-refractivity contribution in [2.45, 2.75) is 26.2 Å². The van der Waals surface area contributed by atoms with Gasteiger partial charge in [0.15, 0.2) is 0 Å². The molecule has 0 atom stereocenters. The zero-order valence-electron chi connectivity index (χ0n) is 13.0. The second kappa shape index (κ2) is 9.70. The summed E-state index contributed by atoms with van der Waals surface area (Å²) >= 11 is 6.98. The summed E-state index contributed by atoms with van der Waals surface area (Å²) in [4.78, 5) is 0. The van der Waals surface area contributed by atoms with Crippen LogP contribution in [-0.4, -0.2) is 23.2 Å². The van der Waals surface area contributed by atoms with E-state index in [-0.39, 0.29) is 0 Å². The summed E-state index contributed by atoms with van der Waals surface area (Å²) in [6.45, 7) is 3.89. The standard InChI is InChI=1S/C18H23NOS2/c1-2-3-11-19-18(21)22-13-6-12-20-17-10-9-15-7-4-5-8-16(15)14-17/h4-5,7-10,14H,2-3,6,11-13H2,1H3,(H,19,21). The Morgan fingerprint density at radius 1 is 1.14 bits per heavy atom. The zero-order valence-corrected chi connectivity index (χ0v) is 14.6. The fraction of sp³-hybridized carbons (Fsp3) is 0.389. The number of rotatable bonds is 8. The molecule has 0 amide bonds. The molecule has 22 heavy (non-hydrogen) atoms. The molecule has 0 saturated heterocycles. The van der Waals surface area contributed by atoms with Gasteiger partial charge in [-0.2, -0.15) is 0 Å². The van der Waals surface area contributed by atoms with E-state index in [9.17, 15) is 0 Å². The maximum absolute atomic E-state index is 5.82. The molecule has 0 bridgehead atoms. The van der Waals surface area contributed by atoms with E-state index in [1.54, 1.807) is 11.8 Å². The van der Waals surface area contributed by atoms with Gasteiger partial charge in [0.2, 0.25) is 0 Å². The third-order valence-corrected chi connectivity index (χ3v) is 4.71. The Bertz CT molecular complexity index is 600. The first-order chi connectivity index (χ1) is 10.8. The SMILES string of the molecule is CCCCNC(=S)SCCCOc1ccc2ccccc2c1. The monoisotopic (exact) mass is 333 g/mol. The average Bonchev–Trinajstić information content (AvgIpc) is 2.54. The van der Waals surface area contributed by atoms with Gasteiger partial charge in [-0.05, 0) is 35.7 Å². The molecule has 1 N–H and O–H groups in total. The highest BCUT2D eigenvalue weighted by molar-refractivity contribution is 8.22. The van der Waals surface area contributed by atoms with Crippen LogP contribution in [0.5, 0.6) is 5.75 Å². The van der Waals surface area contributed by atoms with Gasteiger partial charge < -0.3 is 10.1 Å². The number of ether oxygens (including phenoxy) is 1. The molecular formula is C18H23NOS2. The minimum absolute atomic E-state index is 0.725. The Morgan fingerprint density at radius 2 is 1.95 bits per heavy atom. The van der Waals surface area contributed by atoms with E-state index in [1.165, 1.54) is 23.6 Å². The lowest BCUT2D eigenvalue weighted by Crippen LogP contribution is -2.19. The van der Waals surface area contributed by atoms with Crippen LogP contribution in [0.2, 0.25) is 0 Å². The Balaban J connectivity index is 1.64. The first-order valence-electron chi connectivity index (χ1n) is 7.82. The lowest BCUT2D eigenvalue weighted by atomic mass is 10.1. The van der Waals surface area contributed by atoms with E-state index < -0.39 is 0 Å². The summed E-state index contributed by atoms with van der Waals surface area (Å²) in [7, 11) is 0. The van der Waals surface area contributed by atoms with Gasteiger partial charge in [0.1, 0.15) is 10.1 Å². The van der Waals surface area contributed by atoms with E-state index in [2.05, 4.69) is 48.6 Å². The van der Waals surface area contributed by atoms with Crippen molar-refractivity contribution in [2.75, 3.05) is 18.9 Å². The topological polar surface area (TPSA) is 21.3 Å². The van der Waals surface area contributed by atoms with Gasteiger partial charge in [-0.1, -0.05) is 67.7 Å². The van der Waals surface area contributed by atoms with Gasteiger partial charge in [-0.15, -0.1) is 0 Å². The highest BCUT2D eigenvalue weighted by atomic mass is 32.2. The van der Waals surface area contributed by atoms with Crippen LogP contribution in [0.25, 0.3) is 10.8 Å². The molecule has 2 rings (SSSR count). The largest absolute Gasteiger partial charge is 0.494 e. The molecule has 118 valence electrons. The van der Waals surface area contributed by atoms with Crippen LogP contribution >= 0.6 is 24.0 Å². The summed E-state index contributed by atoms with van der Waals surface area (Å²) in [5.41, 5.74) is 0. The van der Waals surface area contributed by atoms with Crippen molar-refractivity contribution in [3.63, 3.8) is 0 Å². The van der Waals surface area contributed by atoms with Gasteiger partial charge in [0.05, 0.1) is 6.61 Å². The van der Waals surface area contributed by atoms with Crippen molar-refractivity contribution in [3.8, 4) is 5.75 Å². The molecule has 0 aromatic heterocycles. The van der Waals surface area contributed by atoms with Crippen molar-refractivity contribution in [2.24, 2.45) is 0 Å². The molecule has 2 nitrogen and oxygen atoms in total. The van der Waals surface area contributed by atoms with Crippen LogP contribution in [0.15, 0.2) is 42.5 Å². The van der Waals surface area contributed by atoms with Gasteiger partial charge in [-0.25, -0.2) is 0 Å². The first kappa shape index (κ1) is 17.1. The van der Waals surface area contributed by atoms with Gasteiger partial charge in [0.25, 0.3) is 0 Å². The zero-order chi connectivity index (χ0) is 15.6. The second-order valence-electron chi connectivity index (χ2n) is 5.13. The third-order valence-electron chi connectivity index (χ3n) is 3.31. The first-order valence-corrected chi connectivity index (χ1v) is 9.21. The number of unbranched alkanes of at least 4 members (excludes halogenated alkanes) is 1. The number of hydrogen-bond acceptors (Lipinski definition) is 3. The predicted molar refractivity (Wildman–Crippen MR) is 102 cm³/mol. The van der Waals surface area contributed by atoms with E-state index in [0.717, 1.165) is 35.4 Å². The highest BCUT2D eigenvalue weighted by Gasteiger charge is 1.99.